The van der Waals surface area contributed by atoms with Crippen LogP contribution in [0.4, 0.5) is 4.39 Å². The summed E-state index contributed by atoms with van der Waals surface area (Å²) < 4.78 is 52.4. The molecular formula is C20H20FN3O4S. The van der Waals surface area contributed by atoms with Crippen molar-refractivity contribution >= 4 is 10.0 Å². The minimum atomic E-state index is -3.66. The molecule has 0 aliphatic carbocycles. The zero-order valence-corrected chi connectivity index (χ0v) is 16.5. The Bertz CT molecular complexity index is 1060. The van der Waals surface area contributed by atoms with Gasteiger partial charge in [-0.15, -0.1) is 0 Å². The number of fused-ring (bicyclic) bond motifs is 1. The summed E-state index contributed by atoms with van der Waals surface area (Å²) in [6.07, 6.45) is 0. The van der Waals surface area contributed by atoms with Crippen molar-refractivity contribution in [1.82, 2.24) is 9.21 Å². The summed E-state index contributed by atoms with van der Waals surface area (Å²) in [6.45, 7) is 2.71. The lowest BCUT2D eigenvalue weighted by Crippen LogP contribution is -2.48. The Morgan fingerprint density at radius 3 is 2.45 bits per heavy atom. The van der Waals surface area contributed by atoms with E-state index in [0.717, 1.165) is 0 Å². The Balaban J connectivity index is 1.43. The Hall–Kier alpha value is -2.67. The van der Waals surface area contributed by atoms with Crippen LogP contribution in [0.1, 0.15) is 11.1 Å². The summed E-state index contributed by atoms with van der Waals surface area (Å²) in [7, 11) is -3.66. The highest BCUT2D eigenvalue weighted by molar-refractivity contribution is 7.89. The fraction of sp³-hybridized carbons (Fsp3) is 0.350. The molecule has 1 saturated heterocycles. The molecule has 2 aromatic carbocycles. The average molecular weight is 417 g/mol. The maximum Gasteiger partial charge on any atom is 0.243 e. The summed E-state index contributed by atoms with van der Waals surface area (Å²) in [6, 6.07) is 10.9. The normalized spacial score (nSPS) is 17.7. The molecule has 29 heavy (non-hydrogen) atoms. The van der Waals surface area contributed by atoms with Gasteiger partial charge in [0.25, 0.3) is 0 Å². The van der Waals surface area contributed by atoms with E-state index in [1.165, 1.54) is 34.6 Å². The van der Waals surface area contributed by atoms with E-state index in [1.54, 1.807) is 6.07 Å². The second-order valence-corrected chi connectivity index (χ2v) is 8.84. The highest BCUT2D eigenvalue weighted by Crippen LogP contribution is 2.33. The first-order valence-corrected chi connectivity index (χ1v) is 10.7. The number of piperazine rings is 1. The summed E-state index contributed by atoms with van der Waals surface area (Å²) in [4.78, 5) is 2.15. The van der Waals surface area contributed by atoms with Crippen LogP contribution < -0.4 is 9.47 Å². The zero-order chi connectivity index (χ0) is 20.4. The maximum absolute atomic E-state index is 14.0. The molecule has 2 aromatic rings. The molecule has 0 aromatic heterocycles. The molecule has 7 nitrogen and oxygen atoms in total. The van der Waals surface area contributed by atoms with Crippen LogP contribution in [0.5, 0.6) is 11.5 Å². The molecule has 0 amide bonds. The van der Waals surface area contributed by atoms with Crippen molar-refractivity contribution in [3.63, 3.8) is 0 Å². The van der Waals surface area contributed by atoms with E-state index in [-0.39, 0.29) is 10.7 Å². The van der Waals surface area contributed by atoms with E-state index < -0.39 is 10.0 Å². The van der Waals surface area contributed by atoms with Gasteiger partial charge in [-0.3, -0.25) is 4.90 Å². The fourth-order valence-corrected chi connectivity index (χ4v) is 4.91. The Morgan fingerprint density at radius 2 is 1.72 bits per heavy atom. The van der Waals surface area contributed by atoms with Crippen molar-refractivity contribution in [3.8, 4) is 17.6 Å². The highest BCUT2D eigenvalue weighted by Gasteiger charge is 2.30. The molecule has 152 valence electrons. The summed E-state index contributed by atoms with van der Waals surface area (Å²) in [5.74, 6) is 0.612. The van der Waals surface area contributed by atoms with Gasteiger partial charge in [-0.2, -0.15) is 9.57 Å². The maximum atomic E-state index is 14.0. The van der Waals surface area contributed by atoms with Crippen LogP contribution in [0.25, 0.3) is 0 Å². The van der Waals surface area contributed by atoms with Gasteiger partial charge in [0.2, 0.25) is 10.0 Å². The molecule has 2 aliphatic heterocycles. The van der Waals surface area contributed by atoms with E-state index >= 15 is 0 Å². The van der Waals surface area contributed by atoms with Crippen LogP contribution in [0, 0.1) is 17.1 Å². The molecular weight excluding hydrogens is 397 g/mol. The fourth-order valence-electron chi connectivity index (χ4n) is 3.47. The third-order valence-corrected chi connectivity index (χ3v) is 6.95. The van der Waals surface area contributed by atoms with E-state index in [4.69, 9.17) is 14.7 Å². The van der Waals surface area contributed by atoms with Crippen molar-refractivity contribution in [2.24, 2.45) is 0 Å². The zero-order valence-electron chi connectivity index (χ0n) is 15.7. The van der Waals surface area contributed by atoms with Crippen LogP contribution in [0.2, 0.25) is 0 Å². The summed E-state index contributed by atoms with van der Waals surface area (Å²) in [5.41, 5.74) is 0.841. The molecule has 0 unspecified atom stereocenters. The monoisotopic (exact) mass is 417 g/mol. The molecule has 0 N–H and O–H groups in total. The standard InChI is InChI=1S/C20H20FN3O4S/c21-18-3-1-15(13-22)11-16(18)14-23-5-7-24(8-6-23)29(25,26)17-2-4-19-20(12-17)28-10-9-27-19/h1-4,11-12H,5-10,14H2. The molecule has 0 radical (unpaired) electrons. The average Bonchev–Trinajstić information content (AvgIpc) is 2.75. The number of rotatable bonds is 4. The van der Waals surface area contributed by atoms with Crippen molar-refractivity contribution in [3.05, 3.63) is 53.3 Å². The van der Waals surface area contributed by atoms with Crippen LogP contribution in [0.15, 0.2) is 41.3 Å². The smallest absolute Gasteiger partial charge is 0.243 e. The molecule has 1 fully saturated rings. The first-order valence-electron chi connectivity index (χ1n) is 9.28. The summed E-state index contributed by atoms with van der Waals surface area (Å²) in [5, 5.41) is 8.99. The van der Waals surface area contributed by atoms with Gasteiger partial charge in [0.1, 0.15) is 19.0 Å². The highest BCUT2D eigenvalue weighted by atomic mass is 32.2. The second-order valence-electron chi connectivity index (χ2n) is 6.90. The first kappa shape index (κ1) is 19.6. The van der Waals surface area contributed by atoms with Crippen molar-refractivity contribution in [1.29, 1.82) is 5.26 Å². The SMILES string of the molecule is N#Cc1ccc(F)c(CN2CCN(S(=O)(=O)c3ccc4c(c3)OCCO4)CC2)c1. The van der Waals surface area contributed by atoms with Gasteiger partial charge < -0.3 is 9.47 Å². The van der Waals surface area contributed by atoms with E-state index in [1.807, 2.05) is 11.0 Å². The van der Waals surface area contributed by atoms with Crippen molar-refractivity contribution < 1.29 is 22.3 Å². The van der Waals surface area contributed by atoms with Gasteiger partial charge in [0.15, 0.2) is 11.5 Å². The van der Waals surface area contributed by atoms with Gasteiger partial charge in [0.05, 0.1) is 16.5 Å². The van der Waals surface area contributed by atoms with Crippen LogP contribution in [0.3, 0.4) is 0 Å². The van der Waals surface area contributed by atoms with E-state index in [9.17, 15) is 12.8 Å². The van der Waals surface area contributed by atoms with Crippen molar-refractivity contribution in [2.75, 3.05) is 39.4 Å². The van der Waals surface area contributed by atoms with Gasteiger partial charge in [-0.05, 0) is 30.3 Å². The van der Waals surface area contributed by atoms with Crippen molar-refractivity contribution in [2.45, 2.75) is 11.4 Å². The molecule has 2 aliphatic rings. The quantitative estimate of drug-likeness (QED) is 0.757. The minimum Gasteiger partial charge on any atom is -0.486 e. The topological polar surface area (TPSA) is 82.9 Å². The van der Waals surface area contributed by atoms with E-state index in [2.05, 4.69) is 0 Å². The number of hydrogen-bond donors (Lipinski definition) is 0. The lowest BCUT2D eigenvalue weighted by Gasteiger charge is -2.34. The number of nitrogens with zero attached hydrogens (tertiary/aromatic N) is 3. The van der Waals surface area contributed by atoms with Crippen LogP contribution in [-0.4, -0.2) is 57.0 Å². The number of nitriles is 1. The van der Waals surface area contributed by atoms with Crippen LogP contribution in [-0.2, 0) is 16.6 Å². The second kappa shape index (κ2) is 7.99. The Morgan fingerprint density at radius 1 is 1.00 bits per heavy atom. The van der Waals surface area contributed by atoms with Gasteiger partial charge in [0, 0.05) is 44.4 Å². The van der Waals surface area contributed by atoms with E-state index in [0.29, 0.717) is 68.6 Å². The summed E-state index contributed by atoms with van der Waals surface area (Å²) >= 11 is 0. The number of hydrogen-bond acceptors (Lipinski definition) is 6. The molecule has 0 spiro atoms. The molecule has 0 atom stereocenters. The van der Waals surface area contributed by atoms with Gasteiger partial charge in [-0.25, -0.2) is 12.8 Å². The predicted molar refractivity (Wildman–Crippen MR) is 103 cm³/mol. The molecule has 0 saturated carbocycles. The van der Waals surface area contributed by atoms with Crippen LogP contribution >= 0.6 is 0 Å². The number of halogens is 1. The minimum absolute atomic E-state index is 0.169. The molecule has 4 rings (SSSR count). The number of ether oxygens (including phenoxy) is 2. The lowest BCUT2D eigenvalue weighted by molar-refractivity contribution is 0.170. The molecule has 2 heterocycles. The Kier molecular flexibility index (Phi) is 5.41. The third-order valence-electron chi connectivity index (χ3n) is 5.05. The Labute approximate surface area is 168 Å². The predicted octanol–water partition coefficient (Wildman–Crippen LogP) is 1.98. The third kappa shape index (κ3) is 4.05. The van der Waals surface area contributed by atoms with Gasteiger partial charge in [-0.1, -0.05) is 0 Å². The first-order chi connectivity index (χ1) is 14.0. The number of sulfonamides is 1. The largest absolute Gasteiger partial charge is 0.486 e. The number of benzene rings is 2. The molecule has 0 bridgehead atoms. The molecule has 9 heteroatoms. The lowest BCUT2D eigenvalue weighted by atomic mass is 10.1. The van der Waals surface area contributed by atoms with Gasteiger partial charge >= 0.3 is 0 Å².